The normalized spacial score (nSPS) is 14.7. The standard InChI is InChI=1S/C73H142O17P2/c1-8-11-12-37-47-54-70(75)83-60-68(89-73(78)57-50-43-36-30-29-31-38-44-51-64(4)5)62-87-91(79,80)85-58-67(74)59-86-92(81,82)88-63-69(61-84-71(76)55-48-41-34-27-24-23-26-33-40-46-53-66(7)10-3)90-72(77)56-49-42-35-28-22-20-18-16-14-13-15-17-19-21-25-32-39-45-52-65(6)9-2/h64-69,74H,8-63H2,1-7H3,(H,79,80)(H,81,82)/t65?,66?,67-,68+,69+/m0/s1. The number of hydrogen-bond acceptors (Lipinski definition) is 15. The molecule has 0 saturated carbocycles. The van der Waals surface area contributed by atoms with Crippen molar-refractivity contribution >= 4 is 39.5 Å². The summed E-state index contributed by atoms with van der Waals surface area (Å²) >= 11 is 0. The maximum absolute atomic E-state index is 13.1. The number of unbranched alkanes of at least 4 members (excludes halogenated alkanes) is 37. The van der Waals surface area contributed by atoms with Gasteiger partial charge in [-0.25, -0.2) is 9.13 Å². The van der Waals surface area contributed by atoms with Gasteiger partial charge in [0, 0.05) is 25.7 Å². The zero-order valence-corrected chi connectivity index (χ0v) is 61.8. The predicted molar refractivity (Wildman–Crippen MR) is 372 cm³/mol. The molecule has 0 fully saturated rings. The van der Waals surface area contributed by atoms with E-state index >= 15 is 0 Å². The van der Waals surface area contributed by atoms with Crippen LogP contribution in [0.15, 0.2) is 0 Å². The van der Waals surface area contributed by atoms with E-state index in [2.05, 4.69) is 48.5 Å². The van der Waals surface area contributed by atoms with Gasteiger partial charge in [-0.05, 0) is 43.4 Å². The Labute approximate surface area is 562 Å². The van der Waals surface area contributed by atoms with Crippen molar-refractivity contribution in [2.24, 2.45) is 17.8 Å². The molecule has 0 rings (SSSR count). The van der Waals surface area contributed by atoms with Crippen LogP contribution in [0.3, 0.4) is 0 Å². The minimum atomic E-state index is -4.95. The molecule has 19 heteroatoms. The molecule has 0 aromatic rings. The Morgan fingerprint density at radius 1 is 0.315 bits per heavy atom. The third-order valence-electron chi connectivity index (χ3n) is 17.6. The van der Waals surface area contributed by atoms with E-state index in [1.54, 1.807) is 0 Å². The van der Waals surface area contributed by atoms with Gasteiger partial charge in [-0.3, -0.25) is 37.3 Å². The van der Waals surface area contributed by atoms with Crippen LogP contribution in [0, 0.1) is 17.8 Å². The summed E-state index contributed by atoms with van der Waals surface area (Å²) in [6, 6.07) is 0. The maximum Gasteiger partial charge on any atom is 0.472 e. The van der Waals surface area contributed by atoms with Crippen molar-refractivity contribution in [2.75, 3.05) is 39.6 Å². The molecule has 0 spiro atoms. The molecule has 3 N–H and O–H groups in total. The molecular weight excluding hydrogens is 1210 g/mol. The summed E-state index contributed by atoms with van der Waals surface area (Å²) in [5, 5.41) is 10.6. The number of phosphoric ester groups is 2. The van der Waals surface area contributed by atoms with E-state index in [1.807, 2.05) is 0 Å². The molecule has 0 aromatic carbocycles. The second-order valence-electron chi connectivity index (χ2n) is 27.3. The second-order valence-corrected chi connectivity index (χ2v) is 30.2. The van der Waals surface area contributed by atoms with Gasteiger partial charge < -0.3 is 33.8 Å². The van der Waals surface area contributed by atoms with Crippen LogP contribution in [0.25, 0.3) is 0 Å². The number of ether oxygens (including phenoxy) is 4. The highest BCUT2D eigenvalue weighted by atomic mass is 31.2. The molecule has 4 unspecified atom stereocenters. The van der Waals surface area contributed by atoms with Crippen LogP contribution in [-0.2, 0) is 65.4 Å². The lowest BCUT2D eigenvalue weighted by Gasteiger charge is -2.21. The van der Waals surface area contributed by atoms with E-state index in [-0.39, 0.29) is 25.7 Å². The molecule has 7 atom stereocenters. The number of aliphatic hydroxyl groups excluding tert-OH is 1. The van der Waals surface area contributed by atoms with Crippen LogP contribution in [0.5, 0.6) is 0 Å². The smallest absolute Gasteiger partial charge is 0.462 e. The molecule has 0 amide bonds. The summed E-state index contributed by atoms with van der Waals surface area (Å²) in [7, 11) is -9.90. The lowest BCUT2D eigenvalue weighted by molar-refractivity contribution is -0.161. The molecule has 0 aliphatic carbocycles. The molecule has 546 valence electrons. The third kappa shape index (κ3) is 64.1. The Morgan fingerprint density at radius 2 is 0.554 bits per heavy atom. The fourth-order valence-corrected chi connectivity index (χ4v) is 12.6. The summed E-state index contributed by atoms with van der Waals surface area (Å²) < 4.78 is 68.1. The van der Waals surface area contributed by atoms with Crippen molar-refractivity contribution in [3.63, 3.8) is 0 Å². The minimum absolute atomic E-state index is 0.103. The summed E-state index contributed by atoms with van der Waals surface area (Å²) in [6.07, 6.45) is 49.0. The Balaban J connectivity index is 5.12. The van der Waals surface area contributed by atoms with Crippen LogP contribution in [-0.4, -0.2) is 96.7 Å². The Morgan fingerprint density at radius 3 is 0.826 bits per heavy atom. The van der Waals surface area contributed by atoms with E-state index in [4.69, 9.17) is 37.0 Å². The average Bonchev–Trinajstić information content (AvgIpc) is 2.76. The largest absolute Gasteiger partial charge is 0.472 e. The quantitative estimate of drug-likeness (QED) is 0.0222. The highest BCUT2D eigenvalue weighted by molar-refractivity contribution is 7.47. The number of esters is 4. The molecule has 0 bridgehead atoms. The lowest BCUT2D eigenvalue weighted by Crippen LogP contribution is -2.30. The van der Waals surface area contributed by atoms with Gasteiger partial charge in [-0.1, -0.05) is 318 Å². The lowest BCUT2D eigenvalue weighted by atomic mass is 9.99. The van der Waals surface area contributed by atoms with Crippen molar-refractivity contribution in [3.8, 4) is 0 Å². The first-order chi connectivity index (χ1) is 44.3. The number of rotatable bonds is 71. The number of phosphoric acid groups is 2. The molecular formula is C73H142O17P2. The van der Waals surface area contributed by atoms with Crippen LogP contribution in [0.4, 0.5) is 0 Å². The molecule has 0 radical (unpaired) electrons. The van der Waals surface area contributed by atoms with Gasteiger partial charge in [0.2, 0.25) is 0 Å². The SMILES string of the molecule is CCCCCCCC(=O)OC[C@H](COP(=O)(O)OC[C@H](O)COP(=O)(O)OC[C@@H](COC(=O)CCCCCCCCCCCCC(C)CC)OC(=O)CCCCCCCCCCCCCCCCCCCCC(C)CC)OC(=O)CCCCCCCCCCC(C)C. The summed E-state index contributed by atoms with van der Waals surface area (Å²) in [5.41, 5.74) is 0. The second kappa shape index (κ2) is 63.8. The van der Waals surface area contributed by atoms with E-state index < -0.39 is 97.5 Å². The number of carbonyl (C=O) groups is 4. The average molecular weight is 1350 g/mol. The summed E-state index contributed by atoms with van der Waals surface area (Å²) in [4.78, 5) is 72.3. The zero-order chi connectivity index (χ0) is 68.0. The molecule has 0 aromatic heterocycles. The molecule has 0 heterocycles. The zero-order valence-electron chi connectivity index (χ0n) is 60.0. The maximum atomic E-state index is 13.1. The molecule has 0 saturated heterocycles. The monoisotopic (exact) mass is 1350 g/mol. The van der Waals surface area contributed by atoms with Crippen molar-refractivity contribution in [1.82, 2.24) is 0 Å². The first-order valence-corrected chi connectivity index (χ1v) is 40.9. The van der Waals surface area contributed by atoms with Crippen molar-refractivity contribution in [2.45, 2.75) is 388 Å². The molecule has 0 aliphatic heterocycles. The molecule has 17 nitrogen and oxygen atoms in total. The van der Waals surface area contributed by atoms with Gasteiger partial charge in [0.25, 0.3) is 0 Å². The fraction of sp³-hybridized carbons (Fsp3) is 0.945. The van der Waals surface area contributed by atoms with Gasteiger partial charge in [-0.2, -0.15) is 0 Å². The van der Waals surface area contributed by atoms with E-state index in [0.29, 0.717) is 25.7 Å². The summed E-state index contributed by atoms with van der Waals surface area (Å²) in [6.45, 7) is 11.8. The van der Waals surface area contributed by atoms with Gasteiger partial charge in [0.15, 0.2) is 12.2 Å². The predicted octanol–water partition coefficient (Wildman–Crippen LogP) is 21.0. The Kier molecular flexibility index (Phi) is 62.4. The Hall–Kier alpha value is -1.94. The topological polar surface area (TPSA) is 237 Å². The van der Waals surface area contributed by atoms with Crippen molar-refractivity contribution < 1.29 is 80.2 Å². The van der Waals surface area contributed by atoms with Gasteiger partial charge in [0.1, 0.15) is 19.3 Å². The van der Waals surface area contributed by atoms with Gasteiger partial charge >= 0.3 is 39.5 Å². The van der Waals surface area contributed by atoms with Crippen LogP contribution >= 0.6 is 15.6 Å². The highest BCUT2D eigenvalue weighted by Crippen LogP contribution is 2.45. The minimum Gasteiger partial charge on any atom is -0.462 e. The molecule has 0 aliphatic rings. The third-order valence-corrected chi connectivity index (χ3v) is 19.5. The summed E-state index contributed by atoms with van der Waals surface area (Å²) in [5.74, 6) is 0.263. The van der Waals surface area contributed by atoms with Gasteiger partial charge in [0.05, 0.1) is 26.4 Å². The van der Waals surface area contributed by atoms with Crippen molar-refractivity contribution in [1.29, 1.82) is 0 Å². The van der Waals surface area contributed by atoms with E-state index in [1.165, 1.54) is 173 Å². The number of aliphatic hydroxyl groups is 1. The number of hydrogen-bond donors (Lipinski definition) is 3. The van der Waals surface area contributed by atoms with Gasteiger partial charge in [-0.15, -0.1) is 0 Å². The highest BCUT2D eigenvalue weighted by Gasteiger charge is 2.30. The van der Waals surface area contributed by atoms with E-state index in [9.17, 15) is 43.2 Å². The number of carbonyl (C=O) groups excluding carboxylic acids is 4. The first kappa shape index (κ1) is 90.1. The Bertz CT molecular complexity index is 1810. The van der Waals surface area contributed by atoms with E-state index in [0.717, 1.165) is 114 Å². The van der Waals surface area contributed by atoms with Crippen LogP contribution in [0.2, 0.25) is 0 Å². The van der Waals surface area contributed by atoms with Crippen LogP contribution < -0.4 is 0 Å². The van der Waals surface area contributed by atoms with Crippen LogP contribution in [0.1, 0.15) is 370 Å². The first-order valence-electron chi connectivity index (χ1n) is 37.9. The van der Waals surface area contributed by atoms with Crippen molar-refractivity contribution in [3.05, 3.63) is 0 Å². The fourth-order valence-electron chi connectivity index (χ4n) is 11.0. The molecule has 92 heavy (non-hydrogen) atoms.